The maximum atomic E-state index is 13.7. The number of benzene rings is 2. The lowest BCUT2D eigenvalue weighted by molar-refractivity contribution is -0.146. The lowest BCUT2D eigenvalue weighted by atomic mass is 9.82. The Morgan fingerprint density at radius 2 is 1.73 bits per heavy atom. The quantitative estimate of drug-likeness (QED) is 0.125. The minimum absolute atomic E-state index is 0.0225. The number of rotatable bonds is 9. The number of hydrogen-bond acceptors (Lipinski definition) is 8. The Balaban J connectivity index is 1.64. The smallest absolute Gasteiger partial charge is 0.463 e. The van der Waals surface area contributed by atoms with E-state index in [-0.39, 0.29) is 29.2 Å². The molecule has 0 N–H and O–H groups in total. The van der Waals surface area contributed by atoms with E-state index in [1.807, 2.05) is 42.2 Å². The first kappa shape index (κ1) is 36.9. The first-order valence-corrected chi connectivity index (χ1v) is 18.2. The van der Waals surface area contributed by atoms with E-state index >= 15 is 0 Å². The van der Waals surface area contributed by atoms with Gasteiger partial charge in [-0.05, 0) is 86.3 Å². The molecule has 266 valence electrons. The van der Waals surface area contributed by atoms with Crippen LogP contribution in [0.4, 0.5) is 18.9 Å². The Morgan fingerprint density at radius 3 is 2.37 bits per heavy atom. The zero-order valence-corrected chi connectivity index (χ0v) is 30.3. The van der Waals surface area contributed by atoms with Crippen molar-refractivity contribution < 1.29 is 35.3 Å². The van der Waals surface area contributed by atoms with Crippen LogP contribution in [0, 0.1) is 19.3 Å². The average Bonchev–Trinajstić information content (AvgIpc) is 2.99. The fourth-order valence-electron chi connectivity index (χ4n) is 6.51. The summed E-state index contributed by atoms with van der Waals surface area (Å²) in [6.45, 7) is 14.4. The highest BCUT2D eigenvalue weighted by Gasteiger charge is 2.49. The molecule has 13 heteroatoms. The number of nitrogens with zero attached hydrogens (tertiary/aromatic N) is 3. The number of hydrogen-bond donors (Lipinski definition) is 0. The summed E-state index contributed by atoms with van der Waals surface area (Å²) in [6, 6.07) is 11.4. The monoisotopic (exact) mass is 721 g/mol. The number of carbonyl (C=O) groups excluding carboxylic acids is 1. The van der Waals surface area contributed by atoms with Crippen LogP contribution >= 0.6 is 11.6 Å². The minimum atomic E-state index is -6.07. The van der Waals surface area contributed by atoms with E-state index in [9.17, 15) is 26.4 Å². The van der Waals surface area contributed by atoms with Gasteiger partial charge in [0.25, 0.3) is 0 Å². The maximum absolute atomic E-state index is 13.7. The second-order valence-electron chi connectivity index (χ2n) is 14.0. The summed E-state index contributed by atoms with van der Waals surface area (Å²) >= 11 is 6.51. The van der Waals surface area contributed by atoms with Gasteiger partial charge >= 0.3 is 21.6 Å². The van der Waals surface area contributed by atoms with Crippen LogP contribution < -0.4 is 9.08 Å². The summed E-state index contributed by atoms with van der Waals surface area (Å²) in [4.78, 5) is 21.6. The van der Waals surface area contributed by atoms with E-state index in [2.05, 4.69) is 23.7 Å². The number of anilines is 1. The third kappa shape index (κ3) is 8.35. The van der Waals surface area contributed by atoms with Crippen molar-refractivity contribution in [3.8, 4) is 17.0 Å². The van der Waals surface area contributed by atoms with Crippen molar-refractivity contribution in [2.45, 2.75) is 91.9 Å². The third-order valence-electron chi connectivity index (χ3n) is 9.36. The first-order chi connectivity index (χ1) is 22.8. The molecule has 8 nitrogen and oxygen atoms in total. The van der Waals surface area contributed by atoms with Crippen LogP contribution in [0.2, 0.25) is 5.02 Å². The molecule has 2 aliphatic heterocycles. The van der Waals surface area contributed by atoms with Crippen molar-refractivity contribution in [1.29, 1.82) is 0 Å². The summed E-state index contributed by atoms with van der Waals surface area (Å²) in [5.41, 5.74) is 0.134. The molecule has 1 saturated heterocycles. The average molecular weight is 722 g/mol. The Kier molecular flexibility index (Phi) is 10.6. The standard InChI is InChI=1S/C36H43ClF3N3O5S/c1-22(2)47-31(44)19-28-24(4)41-34(48-49(45,46)36(38,39)40)32(33(28)43-16-13-35(5,6)14-17-43)26-10-11-27-20-42(15-12-25(27)18-26)21-29-23(3)8-7-9-30(29)37/h7-11,18,22H,12-17,19-21H2,1-6H3. The number of piperidine rings is 1. The summed E-state index contributed by atoms with van der Waals surface area (Å²) in [5.74, 6) is -1.21. The van der Waals surface area contributed by atoms with Crippen molar-refractivity contribution in [3.63, 3.8) is 0 Å². The second kappa shape index (κ2) is 14.1. The molecule has 49 heavy (non-hydrogen) atoms. The fourth-order valence-corrected chi connectivity index (χ4v) is 7.21. The van der Waals surface area contributed by atoms with Crippen LogP contribution in [0.1, 0.15) is 74.0 Å². The molecule has 0 atom stereocenters. The van der Waals surface area contributed by atoms with Crippen molar-refractivity contribution >= 4 is 33.4 Å². The minimum Gasteiger partial charge on any atom is -0.463 e. The fraction of sp³-hybridized carbons (Fsp3) is 0.500. The predicted octanol–water partition coefficient (Wildman–Crippen LogP) is 7.93. The zero-order chi connectivity index (χ0) is 35.9. The molecular formula is C36H43ClF3N3O5S. The molecular weight excluding hydrogens is 679 g/mol. The highest BCUT2D eigenvalue weighted by molar-refractivity contribution is 7.88. The van der Waals surface area contributed by atoms with Gasteiger partial charge in [-0.2, -0.15) is 21.6 Å². The van der Waals surface area contributed by atoms with E-state index in [0.29, 0.717) is 61.0 Å². The number of esters is 1. The lowest BCUT2D eigenvalue weighted by Gasteiger charge is -2.40. The van der Waals surface area contributed by atoms with E-state index in [4.69, 9.17) is 20.5 Å². The highest BCUT2D eigenvalue weighted by Crippen LogP contribution is 2.46. The topological polar surface area (TPSA) is 89.0 Å². The summed E-state index contributed by atoms with van der Waals surface area (Å²) in [6.07, 6.45) is 1.59. The largest absolute Gasteiger partial charge is 0.534 e. The van der Waals surface area contributed by atoms with Crippen LogP contribution in [-0.2, 0) is 45.6 Å². The predicted molar refractivity (Wildman–Crippen MR) is 184 cm³/mol. The number of aryl methyl sites for hydroxylation is 2. The molecule has 1 aromatic heterocycles. The van der Waals surface area contributed by atoms with Gasteiger partial charge in [-0.15, -0.1) is 0 Å². The Bertz CT molecular complexity index is 1820. The van der Waals surface area contributed by atoms with Crippen LogP contribution in [0.25, 0.3) is 11.1 Å². The number of halogens is 4. The highest BCUT2D eigenvalue weighted by atomic mass is 35.5. The lowest BCUT2D eigenvalue weighted by Crippen LogP contribution is -2.38. The normalized spacial score (nSPS) is 16.8. The number of fused-ring (bicyclic) bond motifs is 1. The summed E-state index contributed by atoms with van der Waals surface area (Å²) in [7, 11) is -6.07. The first-order valence-electron chi connectivity index (χ1n) is 16.4. The molecule has 0 amide bonds. The molecule has 2 aliphatic rings. The van der Waals surface area contributed by atoms with Crippen molar-refractivity contribution in [2.24, 2.45) is 5.41 Å². The SMILES string of the molecule is Cc1cccc(Cl)c1CN1CCc2cc(-c3c(OS(=O)(=O)C(F)(F)F)nc(C)c(CC(=O)OC(C)C)c3N3CCC(C)(C)CC3)ccc2C1. The van der Waals surface area contributed by atoms with Gasteiger partial charge in [0.05, 0.1) is 23.8 Å². The van der Waals surface area contributed by atoms with E-state index in [1.165, 1.54) is 6.92 Å². The number of aromatic nitrogens is 1. The molecule has 0 saturated carbocycles. The van der Waals surface area contributed by atoms with Crippen LogP contribution in [0.15, 0.2) is 36.4 Å². The number of alkyl halides is 3. The molecule has 3 heterocycles. The molecule has 1 fully saturated rings. The molecule has 0 radical (unpaired) electrons. The number of carbonyl (C=O) groups is 1. The molecule has 0 unspecified atom stereocenters. The van der Waals surface area contributed by atoms with Gasteiger partial charge in [-0.3, -0.25) is 9.69 Å². The van der Waals surface area contributed by atoms with E-state index in [0.717, 1.165) is 35.1 Å². The maximum Gasteiger partial charge on any atom is 0.534 e. The van der Waals surface area contributed by atoms with Crippen LogP contribution in [0.3, 0.4) is 0 Å². The van der Waals surface area contributed by atoms with Gasteiger partial charge in [0, 0.05) is 49.0 Å². The number of ether oxygens (including phenoxy) is 1. The Morgan fingerprint density at radius 1 is 1.04 bits per heavy atom. The van der Waals surface area contributed by atoms with E-state index in [1.54, 1.807) is 19.9 Å². The van der Waals surface area contributed by atoms with Crippen LogP contribution in [-0.4, -0.2) is 55.5 Å². The molecule has 2 aromatic carbocycles. The zero-order valence-electron chi connectivity index (χ0n) is 28.7. The third-order valence-corrected chi connectivity index (χ3v) is 10.7. The van der Waals surface area contributed by atoms with Gasteiger partial charge in [-0.1, -0.05) is 55.8 Å². The summed E-state index contributed by atoms with van der Waals surface area (Å²) in [5, 5.41) is 0.705. The van der Waals surface area contributed by atoms with Crippen molar-refractivity contribution in [2.75, 3.05) is 24.5 Å². The van der Waals surface area contributed by atoms with Gasteiger partial charge in [-0.25, -0.2) is 4.98 Å². The molecule has 0 spiro atoms. The van der Waals surface area contributed by atoms with Gasteiger partial charge in [0.2, 0.25) is 5.88 Å². The molecule has 5 rings (SSSR count). The van der Waals surface area contributed by atoms with Crippen molar-refractivity contribution in [3.05, 3.63) is 74.9 Å². The van der Waals surface area contributed by atoms with E-state index < -0.39 is 27.5 Å². The Labute approximate surface area is 291 Å². The summed E-state index contributed by atoms with van der Waals surface area (Å²) < 4.78 is 76.3. The second-order valence-corrected chi connectivity index (χ2v) is 16.0. The van der Waals surface area contributed by atoms with Crippen molar-refractivity contribution in [1.82, 2.24) is 9.88 Å². The van der Waals surface area contributed by atoms with Gasteiger partial charge < -0.3 is 13.8 Å². The van der Waals surface area contributed by atoms with Crippen LogP contribution in [0.5, 0.6) is 5.88 Å². The molecule has 0 aliphatic carbocycles. The molecule has 0 bridgehead atoms. The van der Waals surface area contributed by atoms with Gasteiger partial charge in [0.1, 0.15) is 0 Å². The number of pyridine rings is 1. The molecule has 3 aromatic rings. The Hall–Kier alpha value is -3.35. The van der Waals surface area contributed by atoms with Gasteiger partial charge in [0.15, 0.2) is 0 Å².